The first-order valence-corrected chi connectivity index (χ1v) is 5.09. The Morgan fingerprint density at radius 3 is 2.86 bits per heavy atom. The highest BCUT2D eigenvalue weighted by molar-refractivity contribution is 7.80. The summed E-state index contributed by atoms with van der Waals surface area (Å²) in [5, 5.41) is 11.1. The summed E-state index contributed by atoms with van der Waals surface area (Å²) in [7, 11) is 1.89. The molecule has 1 heterocycles. The Bertz CT molecular complexity index is 319. The van der Waals surface area contributed by atoms with Gasteiger partial charge in [-0.15, -0.1) is 0 Å². The first kappa shape index (κ1) is 11.0. The zero-order valence-corrected chi connectivity index (χ0v) is 9.61. The molecule has 0 aromatic carbocycles. The zero-order chi connectivity index (χ0) is 10.6. The van der Waals surface area contributed by atoms with E-state index in [9.17, 15) is 0 Å². The van der Waals surface area contributed by atoms with Crippen molar-refractivity contribution >= 4 is 23.0 Å². The summed E-state index contributed by atoms with van der Waals surface area (Å²) in [5.74, 6) is 0. The molecule has 0 aliphatic carbocycles. The van der Waals surface area contributed by atoms with Gasteiger partial charge in [0.05, 0.1) is 11.4 Å². The average Bonchev–Trinajstić information content (AvgIpc) is 2.42. The fourth-order valence-corrected chi connectivity index (χ4v) is 1.34. The summed E-state index contributed by atoms with van der Waals surface area (Å²) in [6.07, 6.45) is 2.98. The summed E-state index contributed by atoms with van der Waals surface area (Å²) < 4.78 is 1.76. The van der Waals surface area contributed by atoms with E-state index in [4.69, 9.17) is 12.2 Å². The molecule has 0 aliphatic rings. The number of aryl methyl sites for hydroxylation is 2. The van der Waals surface area contributed by atoms with E-state index in [-0.39, 0.29) is 0 Å². The zero-order valence-electron chi connectivity index (χ0n) is 8.79. The highest BCUT2D eigenvalue weighted by atomic mass is 32.1. The van der Waals surface area contributed by atoms with Crippen molar-refractivity contribution in [2.45, 2.75) is 20.3 Å². The highest BCUT2D eigenvalue weighted by Crippen LogP contribution is 2.10. The number of hydrogen-bond donors (Lipinski definition) is 2. The van der Waals surface area contributed by atoms with Gasteiger partial charge in [-0.3, -0.25) is 4.68 Å². The molecule has 0 unspecified atom stereocenters. The topological polar surface area (TPSA) is 41.9 Å². The maximum Gasteiger partial charge on any atom is 0.170 e. The molecule has 0 amide bonds. The van der Waals surface area contributed by atoms with E-state index < -0.39 is 0 Å². The van der Waals surface area contributed by atoms with Gasteiger partial charge >= 0.3 is 0 Å². The Labute approximate surface area is 89.7 Å². The SMILES string of the molecule is CCCNC(=S)Nc1cn(C)nc1C. The minimum Gasteiger partial charge on any atom is -0.362 e. The van der Waals surface area contributed by atoms with Gasteiger partial charge in [-0.1, -0.05) is 6.92 Å². The molecule has 0 atom stereocenters. The number of aromatic nitrogens is 2. The third-order valence-corrected chi connectivity index (χ3v) is 2.04. The molecular weight excluding hydrogens is 196 g/mol. The van der Waals surface area contributed by atoms with Crippen LogP contribution in [0.2, 0.25) is 0 Å². The van der Waals surface area contributed by atoms with Crippen LogP contribution in [0.25, 0.3) is 0 Å². The molecule has 1 aromatic heterocycles. The van der Waals surface area contributed by atoms with Crippen molar-refractivity contribution < 1.29 is 0 Å². The second-order valence-corrected chi connectivity index (χ2v) is 3.59. The Balaban J connectivity index is 2.51. The molecule has 0 bridgehead atoms. The molecule has 0 radical (unpaired) electrons. The van der Waals surface area contributed by atoms with Crippen LogP contribution < -0.4 is 10.6 Å². The van der Waals surface area contributed by atoms with Gasteiger partial charge in [-0.25, -0.2) is 0 Å². The average molecular weight is 212 g/mol. The Kier molecular flexibility index (Phi) is 3.88. The van der Waals surface area contributed by atoms with Crippen molar-refractivity contribution in [3.8, 4) is 0 Å². The summed E-state index contributed by atoms with van der Waals surface area (Å²) in [4.78, 5) is 0. The van der Waals surface area contributed by atoms with Crippen LogP contribution in [0.3, 0.4) is 0 Å². The van der Waals surface area contributed by atoms with Gasteiger partial charge in [0, 0.05) is 19.8 Å². The van der Waals surface area contributed by atoms with Crippen molar-refractivity contribution in [1.82, 2.24) is 15.1 Å². The van der Waals surface area contributed by atoms with Crippen molar-refractivity contribution in [2.24, 2.45) is 7.05 Å². The molecule has 2 N–H and O–H groups in total. The number of hydrogen-bond acceptors (Lipinski definition) is 2. The Hall–Kier alpha value is -1.10. The number of thiocarbonyl (C=S) groups is 1. The number of nitrogens with one attached hydrogen (secondary N) is 2. The van der Waals surface area contributed by atoms with Gasteiger partial charge in [0.2, 0.25) is 0 Å². The van der Waals surface area contributed by atoms with Crippen molar-refractivity contribution in [2.75, 3.05) is 11.9 Å². The summed E-state index contributed by atoms with van der Waals surface area (Å²) in [6, 6.07) is 0. The third kappa shape index (κ3) is 2.99. The van der Waals surface area contributed by atoms with Crippen LogP contribution in [0.15, 0.2) is 6.20 Å². The molecule has 14 heavy (non-hydrogen) atoms. The van der Waals surface area contributed by atoms with Crippen LogP contribution in [0, 0.1) is 6.92 Å². The highest BCUT2D eigenvalue weighted by Gasteiger charge is 2.03. The van der Waals surface area contributed by atoms with E-state index in [1.165, 1.54) is 0 Å². The van der Waals surface area contributed by atoms with E-state index in [1.54, 1.807) is 4.68 Å². The summed E-state index contributed by atoms with van der Waals surface area (Å²) in [5.41, 5.74) is 1.91. The molecule has 78 valence electrons. The van der Waals surface area contributed by atoms with Crippen LogP contribution in [0.5, 0.6) is 0 Å². The van der Waals surface area contributed by atoms with E-state index in [1.807, 2.05) is 20.2 Å². The minimum absolute atomic E-state index is 0.656. The first-order chi connectivity index (χ1) is 6.63. The number of rotatable bonds is 3. The lowest BCUT2D eigenvalue weighted by Gasteiger charge is -2.07. The van der Waals surface area contributed by atoms with E-state index >= 15 is 0 Å². The maximum atomic E-state index is 5.11. The summed E-state index contributed by atoms with van der Waals surface area (Å²) >= 11 is 5.11. The standard InChI is InChI=1S/C9H16N4S/c1-4-5-10-9(14)11-8-6-13(3)12-7(8)2/h6H,4-5H2,1-3H3,(H2,10,11,14). The third-order valence-electron chi connectivity index (χ3n) is 1.80. The molecule has 4 nitrogen and oxygen atoms in total. The molecule has 1 aromatic rings. The normalized spacial score (nSPS) is 9.93. The monoisotopic (exact) mass is 212 g/mol. The largest absolute Gasteiger partial charge is 0.362 e. The minimum atomic E-state index is 0.656. The van der Waals surface area contributed by atoms with Gasteiger partial charge in [0.1, 0.15) is 0 Å². The fraction of sp³-hybridized carbons (Fsp3) is 0.556. The van der Waals surface area contributed by atoms with Gasteiger partial charge in [-0.2, -0.15) is 5.10 Å². The van der Waals surface area contributed by atoms with E-state index in [2.05, 4.69) is 22.7 Å². The van der Waals surface area contributed by atoms with Crippen molar-refractivity contribution in [3.63, 3.8) is 0 Å². The molecule has 0 saturated carbocycles. The number of anilines is 1. The molecule has 0 spiro atoms. The molecule has 0 aliphatic heterocycles. The number of nitrogens with zero attached hydrogens (tertiary/aromatic N) is 2. The van der Waals surface area contributed by atoms with E-state index in [0.717, 1.165) is 24.3 Å². The van der Waals surface area contributed by atoms with Crippen molar-refractivity contribution in [3.05, 3.63) is 11.9 Å². The second-order valence-electron chi connectivity index (χ2n) is 3.18. The van der Waals surface area contributed by atoms with Crippen LogP contribution in [0.4, 0.5) is 5.69 Å². The molecule has 5 heteroatoms. The van der Waals surface area contributed by atoms with Crippen LogP contribution in [-0.2, 0) is 7.05 Å². The Morgan fingerprint density at radius 2 is 2.36 bits per heavy atom. The predicted octanol–water partition coefficient (Wildman–Crippen LogP) is 1.42. The van der Waals surface area contributed by atoms with Crippen LogP contribution in [0.1, 0.15) is 19.0 Å². The van der Waals surface area contributed by atoms with E-state index in [0.29, 0.717) is 5.11 Å². The van der Waals surface area contributed by atoms with Gasteiger partial charge < -0.3 is 10.6 Å². The quantitative estimate of drug-likeness (QED) is 0.744. The maximum absolute atomic E-state index is 5.11. The van der Waals surface area contributed by atoms with Gasteiger partial charge in [0.15, 0.2) is 5.11 Å². The second kappa shape index (κ2) is 4.95. The predicted molar refractivity (Wildman–Crippen MR) is 62.5 cm³/mol. The lowest BCUT2D eigenvalue weighted by atomic mass is 10.4. The fourth-order valence-electron chi connectivity index (χ4n) is 1.13. The van der Waals surface area contributed by atoms with Crippen molar-refractivity contribution in [1.29, 1.82) is 0 Å². The van der Waals surface area contributed by atoms with Gasteiger partial charge in [0.25, 0.3) is 0 Å². The lowest BCUT2D eigenvalue weighted by Crippen LogP contribution is -2.28. The smallest absolute Gasteiger partial charge is 0.170 e. The van der Waals surface area contributed by atoms with Crippen LogP contribution >= 0.6 is 12.2 Å². The molecule has 0 saturated heterocycles. The first-order valence-electron chi connectivity index (χ1n) is 4.68. The lowest BCUT2D eigenvalue weighted by molar-refractivity contribution is 0.756. The molecule has 1 rings (SSSR count). The molecular formula is C9H16N4S. The Morgan fingerprint density at radius 1 is 1.64 bits per heavy atom. The molecule has 0 fully saturated rings. The van der Waals surface area contributed by atoms with Gasteiger partial charge in [-0.05, 0) is 25.6 Å². The summed E-state index contributed by atoms with van der Waals surface area (Å²) in [6.45, 7) is 4.95. The van der Waals surface area contributed by atoms with Crippen LogP contribution in [-0.4, -0.2) is 21.4 Å².